The zero-order valence-electron chi connectivity index (χ0n) is 25.6. The van der Waals surface area contributed by atoms with Crippen LogP contribution >= 0.6 is 11.6 Å². The first-order valence-electron chi connectivity index (χ1n) is 14.7. The molecular weight excluding hydrogens is 644 g/mol. The van der Waals surface area contributed by atoms with Crippen molar-refractivity contribution in [3.05, 3.63) is 81.4 Å². The topological polar surface area (TPSA) is 137 Å². The second-order valence-corrected chi connectivity index (χ2v) is 11.8. The molecule has 4 N–H and O–H groups in total. The zero-order valence-corrected chi connectivity index (χ0v) is 26.4. The lowest BCUT2D eigenvalue weighted by Gasteiger charge is -2.31. The van der Waals surface area contributed by atoms with E-state index in [1.54, 1.807) is 13.0 Å². The van der Waals surface area contributed by atoms with Gasteiger partial charge in [0.15, 0.2) is 0 Å². The van der Waals surface area contributed by atoms with E-state index >= 15 is 0 Å². The number of aliphatic hydroxyl groups is 1. The third-order valence-electron chi connectivity index (χ3n) is 7.70. The van der Waals surface area contributed by atoms with Gasteiger partial charge in [0, 0.05) is 27.8 Å². The number of hydrogen-bond acceptors (Lipinski definition) is 7. The molecule has 2 heterocycles. The van der Waals surface area contributed by atoms with Gasteiger partial charge in [-0.05, 0) is 81.6 Å². The molecule has 4 aromatic rings. The number of carbonyl (C=O) groups excluding carboxylic acids is 2. The monoisotopic (exact) mass is 674 g/mol. The first kappa shape index (κ1) is 33.9. The molecule has 0 bridgehead atoms. The van der Waals surface area contributed by atoms with Crippen LogP contribution in [0.2, 0.25) is 5.02 Å². The lowest BCUT2D eigenvalue weighted by atomic mass is 9.93. The molecule has 14 heteroatoms. The molecule has 0 radical (unpaired) electrons. The molecule has 2 amide bonds. The van der Waals surface area contributed by atoms with Crippen LogP contribution in [0.5, 0.6) is 11.5 Å². The molecule has 0 spiro atoms. The Labute approximate surface area is 272 Å². The van der Waals surface area contributed by atoms with E-state index in [1.165, 1.54) is 18.2 Å². The number of fused-ring (bicyclic) bond motifs is 1. The van der Waals surface area contributed by atoms with Crippen molar-refractivity contribution in [1.82, 2.24) is 15.3 Å². The highest BCUT2D eigenvalue weighted by molar-refractivity contribution is 6.31. The summed E-state index contributed by atoms with van der Waals surface area (Å²) in [5, 5.41) is 13.7. The van der Waals surface area contributed by atoms with E-state index < -0.39 is 48.1 Å². The minimum absolute atomic E-state index is 0.0150. The van der Waals surface area contributed by atoms with Crippen LogP contribution in [-0.4, -0.2) is 52.3 Å². The number of alkyl halides is 3. The van der Waals surface area contributed by atoms with E-state index in [9.17, 15) is 32.3 Å². The third kappa shape index (κ3) is 7.10. The van der Waals surface area contributed by atoms with Gasteiger partial charge in [0.1, 0.15) is 28.5 Å². The summed E-state index contributed by atoms with van der Waals surface area (Å²) in [6.07, 6.45) is -4.38. The molecule has 1 atom stereocenters. The second kappa shape index (κ2) is 13.0. The number of ether oxygens (including phenoxy) is 2. The van der Waals surface area contributed by atoms with Crippen LogP contribution in [-0.2, 0) is 16.8 Å². The quantitative estimate of drug-likeness (QED) is 0.170. The van der Waals surface area contributed by atoms with Gasteiger partial charge in [-0.1, -0.05) is 11.6 Å². The van der Waals surface area contributed by atoms with Crippen molar-refractivity contribution in [3.8, 4) is 22.8 Å². The minimum Gasteiger partial charge on any atom is -0.491 e. The number of nitrogens with one attached hydrogen (secondary N) is 1. The van der Waals surface area contributed by atoms with E-state index in [0.29, 0.717) is 16.7 Å². The van der Waals surface area contributed by atoms with Gasteiger partial charge < -0.3 is 25.6 Å². The molecule has 2 aromatic carbocycles. The van der Waals surface area contributed by atoms with E-state index in [-0.39, 0.29) is 45.9 Å². The van der Waals surface area contributed by atoms with Crippen molar-refractivity contribution in [2.45, 2.75) is 57.9 Å². The van der Waals surface area contributed by atoms with Crippen LogP contribution < -0.4 is 20.5 Å². The largest absolute Gasteiger partial charge is 0.491 e. The highest BCUT2D eigenvalue weighted by atomic mass is 35.5. The number of hydrogen-bond donors (Lipinski definition) is 3. The molecule has 9 nitrogen and oxygen atoms in total. The van der Waals surface area contributed by atoms with Gasteiger partial charge in [-0.15, -0.1) is 0 Å². The van der Waals surface area contributed by atoms with Crippen LogP contribution in [0.25, 0.3) is 22.2 Å². The van der Waals surface area contributed by atoms with Gasteiger partial charge in [-0.2, -0.15) is 13.2 Å². The maximum absolute atomic E-state index is 14.8. The molecule has 0 unspecified atom stereocenters. The third-order valence-corrected chi connectivity index (χ3v) is 7.99. The Morgan fingerprint density at radius 1 is 1.11 bits per heavy atom. The standard InChI is InChI=1S/C33H31ClF4N4O5/c1-4-46-30-20(14-27(39)43)13-26(42-29(30)18-5-8-24(35)23(34)11-18)32(45,33(36,37)38)15-40-31(44)21-10-19-9-16(2)17(3)41-28(19)25(12-21)47-22-6-7-22/h5,8-13,22,45H,4,6-7,14-15H2,1-3H3,(H2,39,43)(H,40,44)/t32-/m0/s1. The van der Waals surface area contributed by atoms with Crippen LogP contribution in [0.3, 0.4) is 0 Å². The SMILES string of the molecule is CCOc1c(CC(N)=O)cc([C@@](O)(CNC(=O)c2cc(OC3CC3)c3nc(C)c(C)cc3c2)C(F)(F)F)nc1-c1ccc(F)c(Cl)c1. The molecule has 0 saturated heterocycles. The summed E-state index contributed by atoms with van der Waals surface area (Å²) >= 11 is 5.95. The average Bonchev–Trinajstić information content (AvgIpc) is 3.82. The number of halogens is 5. The van der Waals surface area contributed by atoms with Gasteiger partial charge in [-0.25, -0.2) is 14.4 Å². The number of rotatable bonds is 11. The number of aryl methyl sites for hydroxylation is 2. The summed E-state index contributed by atoms with van der Waals surface area (Å²) in [5.74, 6) is -2.42. The summed E-state index contributed by atoms with van der Waals surface area (Å²) in [4.78, 5) is 34.0. The normalized spacial score (nSPS) is 14.5. The molecule has 47 heavy (non-hydrogen) atoms. The smallest absolute Gasteiger partial charge is 0.424 e. The highest BCUT2D eigenvalue weighted by Gasteiger charge is 2.57. The molecule has 248 valence electrons. The van der Waals surface area contributed by atoms with Crippen molar-refractivity contribution in [2.24, 2.45) is 5.73 Å². The molecule has 2 aromatic heterocycles. The van der Waals surface area contributed by atoms with Crippen molar-refractivity contribution in [3.63, 3.8) is 0 Å². The van der Waals surface area contributed by atoms with E-state index in [4.69, 9.17) is 26.8 Å². The molecule has 1 fully saturated rings. The lowest BCUT2D eigenvalue weighted by Crippen LogP contribution is -2.51. The first-order chi connectivity index (χ1) is 22.1. The van der Waals surface area contributed by atoms with E-state index in [2.05, 4.69) is 15.3 Å². The molecule has 1 saturated carbocycles. The van der Waals surface area contributed by atoms with Crippen LogP contribution in [0.4, 0.5) is 17.6 Å². The van der Waals surface area contributed by atoms with Crippen molar-refractivity contribution < 1.29 is 41.7 Å². The van der Waals surface area contributed by atoms with Gasteiger partial charge >= 0.3 is 6.18 Å². The Hall–Kier alpha value is -4.49. The Kier molecular flexibility index (Phi) is 9.33. The Bertz CT molecular complexity index is 1880. The van der Waals surface area contributed by atoms with Gasteiger partial charge in [-0.3, -0.25) is 9.59 Å². The van der Waals surface area contributed by atoms with Crippen LogP contribution in [0.1, 0.15) is 52.6 Å². The van der Waals surface area contributed by atoms with Gasteiger partial charge in [0.2, 0.25) is 11.5 Å². The number of nitrogens with zero attached hydrogens (tertiary/aromatic N) is 2. The lowest BCUT2D eigenvalue weighted by molar-refractivity contribution is -0.265. The summed E-state index contributed by atoms with van der Waals surface area (Å²) in [6.45, 7) is 3.91. The first-order valence-corrected chi connectivity index (χ1v) is 15.1. The number of carbonyl (C=O) groups is 2. The fourth-order valence-corrected chi connectivity index (χ4v) is 5.13. The number of aromatic nitrogens is 2. The number of primary amides is 1. The summed E-state index contributed by atoms with van der Waals surface area (Å²) in [7, 11) is 0. The molecular formula is C33H31ClF4N4O5. The van der Waals surface area contributed by atoms with Gasteiger partial charge in [0.05, 0.1) is 36.4 Å². The number of pyridine rings is 2. The average molecular weight is 675 g/mol. The Morgan fingerprint density at radius 3 is 2.45 bits per heavy atom. The van der Waals surface area contributed by atoms with E-state index in [1.807, 2.05) is 13.8 Å². The zero-order chi connectivity index (χ0) is 34.3. The minimum atomic E-state index is -5.38. The Balaban J connectivity index is 1.57. The predicted molar refractivity (Wildman–Crippen MR) is 166 cm³/mol. The summed E-state index contributed by atoms with van der Waals surface area (Å²) in [6, 6.07) is 8.83. The number of nitrogens with two attached hydrogens (primary N) is 1. The fourth-order valence-electron chi connectivity index (χ4n) is 4.95. The van der Waals surface area contributed by atoms with Crippen LogP contribution in [0.15, 0.2) is 42.5 Å². The maximum Gasteiger partial charge on any atom is 0.424 e. The highest BCUT2D eigenvalue weighted by Crippen LogP contribution is 2.42. The maximum atomic E-state index is 14.8. The van der Waals surface area contributed by atoms with Crippen molar-refractivity contribution in [2.75, 3.05) is 13.2 Å². The number of amides is 2. The molecule has 5 rings (SSSR count). The summed E-state index contributed by atoms with van der Waals surface area (Å²) in [5.41, 5.74) is 2.41. The van der Waals surface area contributed by atoms with E-state index in [0.717, 1.165) is 42.3 Å². The predicted octanol–water partition coefficient (Wildman–Crippen LogP) is 5.85. The van der Waals surface area contributed by atoms with Crippen molar-refractivity contribution in [1.29, 1.82) is 0 Å². The Morgan fingerprint density at radius 2 is 1.83 bits per heavy atom. The van der Waals surface area contributed by atoms with Crippen molar-refractivity contribution >= 4 is 34.3 Å². The van der Waals surface area contributed by atoms with Crippen LogP contribution in [0, 0.1) is 19.7 Å². The summed E-state index contributed by atoms with van der Waals surface area (Å²) < 4.78 is 69.9. The fraction of sp³-hybridized carbons (Fsp3) is 0.333. The number of benzene rings is 2. The molecule has 1 aliphatic carbocycles. The molecule has 1 aliphatic rings. The second-order valence-electron chi connectivity index (χ2n) is 11.3. The van der Waals surface area contributed by atoms with Gasteiger partial charge in [0.25, 0.3) is 5.91 Å². The molecule has 0 aliphatic heterocycles.